The molecular weight excluding hydrogens is 218 g/mol. The van der Waals surface area contributed by atoms with Crippen molar-refractivity contribution in [2.24, 2.45) is 0 Å². The predicted molar refractivity (Wildman–Crippen MR) is 67.5 cm³/mol. The molecule has 0 saturated carbocycles. The number of anilines is 1. The Morgan fingerprint density at radius 3 is 2.76 bits per heavy atom. The van der Waals surface area contributed by atoms with E-state index in [0.717, 1.165) is 18.9 Å². The number of likely N-dealkylation sites (N-methyl/N-ethyl adjacent to an activating group) is 2. The Morgan fingerprint density at radius 1 is 1.53 bits per heavy atom. The maximum Gasteiger partial charge on any atom is 0.339 e. The van der Waals surface area contributed by atoms with Crippen LogP contribution in [0, 0.1) is 6.92 Å². The van der Waals surface area contributed by atoms with Crippen LogP contribution in [0.1, 0.15) is 16.1 Å². The van der Waals surface area contributed by atoms with E-state index in [1.807, 2.05) is 32.0 Å². The number of carbonyl (C=O) groups is 1. The third kappa shape index (κ3) is 3.42. The van der Waals surface area contributed by atoms with Crippen molar-refractivity contribution in [3.8, 4) is 0 Å². The van der Waals surface area contributed by atoms with Gasteiger partial charge in [-0.2, -0.15) is 0 Å². The van der Waals surface area contributed by atoms with Gasteiger partial charge in [-0.15, -0.1) is 0 Å². The second-order valence-electron chi connectivity index (χ2n) is 3.82. The SMILES string of the molecule is CNCCN(C)c1ccc(C(=O)OC)c(C)n1. The molecule has 0 aliphatic heterocycles. The third-order valence-corrected chi connectivity index (χ3v) is 2.56. The summed E-state index contributed by atoms with van der Waals surface area (Å²) in [5.74, 6) is 0.504. The van der Waals surface area contributed by atoms with E-state index in [4.69, 9.17) is 0 Å². The summed E-state index contributed by atoms with van der Waals surface area (Å²) in [6, 6.07) is 3.58. The molecule has 0 radical (unpaired) electrons. The number of rotatable bonds is 5. The van der Waals surface area contributed by atoms with Gasteiger partial charge in [0, 0.05) is 20.1 Å². The topological polar surface area (TPSA) is 54.5 Å². The van der Waals surface area contributed by atoms with Crippen molar-refractivity contribution in [2.75, 3.05) is 39.2 Å². The van der Waals surface area contributed by atoms with E-state index >= 15 is 0 Å². The minimum absolute atomic E-state index is 0.348. The smallest absolute Gasteiger partial charge is 0.339 e. The van der Waals surface area contributed by atoms with Crippen molar-refractivity contribution in [1.82, 2.24) is 10.3 Å². The molecule has 1 aromatic rings. The normalized spacial score (nSPS) is 10.1. The monoisotopic (exact) mass is 237 g/mol. The fraction of sp³-hybridized carbons (Fsp3) is 0.500. The highest BCUT2D eigenvalue weighted by Gasteiger charge is 2.11. The van der Waals surface area contributed by atoms with Gasteiger partial charge in [0.15, 0.2) is 0 Å². The van der Waals surface area contributed by atoms with E-state index < -0.39 is 0 Å². The molecule has 0 spiro atoms. The van der Waals surface area contributed by atoms with Crippen LogP contribution in [0.4, 0.5) is 5.82 Å². The lowest BCUT2D eigenvalue weighted by atomic mass is 10.2. The summed E-state index contributed by atoms with van der Waals surface area (Å²) in [7, 11) is 5.25. The molecule has 0 atom stereocenters. The van der Waals surface area contributed by atoms with Crippen molar-refractivity contribution in [1.29, 1.82) is 0 Å². The first-order valence-corrected chi connectivity index (χ1v) is 5.51. The van der Waals surface area contributed by atoms with Crippen LogP contribution in [0.3, 0.4) is 0 Å². The molecule has 17 heavy (non-hydrogen) atoms. The fourth-order valence-electron chi connectivity index (χ4n) is 1.48. The van der Waals surface area contributed by atoms with Gasteiger partial charge in [-0.25, -0.2) is 9.78 Å². The van der Waals surface area contributed by atoms with Crippen molar-refractivity contribution < 1.29 is 9.53 Å². The van der Waals surface area contributed by atoms with Crippen LogP contribution < -0.4 is 10.2 Å². The lowest BCUT2D eigenvalue weighted by molar-refractivity contribution is 0.0599. The zero-order valence-corrected chi connectivity index (χ0v) is 10.8. The van der Waals surface area contributed by atoms with Crippen LogP contribution in [0.2, 0.25) is 0 Å². The first-order valence-electron chi connectivity index (χ1n) is 5.51. The number of nitrogens with one attached hydrogen (secondary N) is 1. The molecule has 0 bridgehead atoms. The Morgan fingerprint density at radius 2 is 2.24 bits per heavy atom. The van der Waals surface area contributed by atoms with Gasteiger partial charge in [0.05, 0.1) is 18.4 Å². The van der Waals surface area contributed by atoms with Gasteiger partial charge in [0.25, 0.3) is 0 Å². The molecule has 1 rings (SSSR count). The number of hydrogen-bond donors (Lipinski definition) is 1. The highest BCUT2D eigenvalue weighted by molar-refractivity contribution is 5.90. The lowest BCUT2D eigenvalue weighted by Crippen LogP contribution is -2.28. The number of carbonyl (C=O) groups excluding carboxylic acids is 1. The minimum Gasteiger partial charge on any atom is -0.465 e. The predicted octanol–water partition coefficient (Wildman–Crippen LogP) is 0.832. The molecule has 0 aliphatic rings. The molecule has 1 N–H and O–H groups in total. The molecule has 1 heterocycles. The van der Waals surface area contributed by atoms with Gasteiger partial charge >= 0.3 is 5.97 Å². The molecule has 0 amide bonds. The van der Waals surface area contributed by atoms with Crippen LogP contribution >= 0.6 is 0 Å². The molecule has 0 aliphatic carbocycles. The van der Waals surface area contributed by atoms with E-state index in [-0.39, 0.29) is 5.97 Å². The summed E-state index contributed by atoms with van der Waals surface area (Å²) in [6.07, 6.45) is 0. The number of esters is 1. The molecule has 0 fully saturated rings. The largest absolute Gasteiger partial charge is 0.465 e. The zero-order chi connectivity index (χ0) is 12.8. The highest BCUT2D eigenvalue weighted by Crippen LogP contribution is 2.14. The second-order valence-corrected chi connectivity index (χ2v) is 3.82. The summed E-state index contributed by atoms with van der Waals surface area (Å²) >= 11 is 0. The number of hydrogen-bond acceptors (Lipinski definition) is 5. The van der Waals surface area contributed by atoms with E-state index in [0.29, 0.717) is 11.3 Å². The summed E-state index contributed by atoms with van der Waals surface area (Å²) in [6.45, 7) is 3.55. The van der Waals surface area contributed by atoms with Gasteiger partial charge in [-0.3, -0.25) is 0 Å². The van der Waals surface area contributed by atoms with Crippen LogP contribution in [0.15, 0.2) is 12.1 Å². The van der Waals surface area contributed by atoms with Crippen molar-refractivity contribution in [3.63, 3.8) is 0 Å². The van der Waals surface area contributed by atoms with Crippen molar-refractivity contribution >= 4 is 11.8 Å². The maximum absolute atomic E-state index is 11.4. The molecular formula is C12H19N3O2. The summed E-state index contributed by atoms with van der Waals surface area (Å²) < 4.78 is 4.68. The molecule has 0 unspecified atom stereocenters. The van der Waals surface area contributed by atoms with Crippen LogP contribution in [0.5, 0.6) is 0 Å². The molecule has 5 heteroatoms. The van der Waals surface area contributed by atoms with E-state index in [1.165, 1.54) is 7.11 Å². The standard InChI is InChI=1S/C12H19N3O2/c1-9-10(12(16)17-4)5-6-11(14-9)15(3)8-7-13-2/h5-6,13H,7-8H2,1-4H3. The van der Waals surface area contributed by atoms with E-state index in [9.17, 15) is 4.79 Å². The number of methoxy groups -OCH3 is 1. The average Bonchev–Trinajstić information content (AvgIpc) is 2.34. The number of aryl methyl sites for hydroxylation is 1. The molecule has 0 saturated heterocycles. The first kappa shape index (κ1) is 13.4. The van der Waals surface area contributed by atoms with Crippen LogP contribution in [-0.2, 0) is 4.74 Å². The number of nitrogens with zero attached hydrogens (tertiary/aromatic N) is 2. The Bertz CT molecular complexity index is 393. The summed E-state index contributed by atoms with van der Waals surface area (Å²) in [5, 5.41) is 3.08. The maximum atomic E-state index is 11.4. The van der Waals surface area contributed by atoms with Crippen LogP contribution in [-0.4, -0.2) is 45.2 Å². The lowest BCUT2D eigenvalue weighted by Gasteiger charge is -2.18. The van der Waals surface area contributed by atoms with Gasteiger partial charge < -0.3 is 15.0 Å². The fourth-order valence-corrected chi connectivity index (χ4v) is 1.48. The summed E-state index contributed by atoms with van der Waals surface area (Å²) in [5.41, 5.74) is 1.20. The number of ether oxygens (including phenoxy) is 1. The van der Waals surface area contributed by atoms with Crippen molar-refractivity contribution in [2.45, 2.75) is 6.92 Å². The summed E-state index contributed by atoms with van der Waals surface area (Å²) in [4.78, 5) is 17.8. The van der Waals surface area contributed by atoms with Crippen LogP contribution in [0.25, 0.3) is 0 Å². The van der Waals surface area contributed by atoms with Gasteiger partial charge in [0.1, 0.15) is 5.82 Å². The van der Waals surface area contributed by atoms with E-state index in [2.05, 4.69) is 15.0 Å². The quantitative estimate of drug-likeness (QED) is 0.769. The average molecular weight is 237 g/mol. The van der Waals surface area contributed by atoms with Crippen molar-refractivity contribution in [3.05, 3.63) is 23.4 Å². The van der Waals surface area contributed by atoms with Gasteiger partial charge in [-0.1, -0.05) is 0 Å². The van der Waals surface area contributed by atoms with E-state index in [1.54, 1.807) is 6.07 Å². The Balaban J connectivity index is 2.84. The number of pyridine rings is 1. The minimum atomic E-state index is -0.348. The van der Waals surface area contributed by atoms with Gasteiger partial charge in [0.2, 0.25) is 0 Å². The highest BCUT2D eigenvalue weighted by atomic mass is 16.5. The second kappa shape index (κ2) is 6.20. The molecule has 94 valence electrons. The first-order chi connectivity index (χ1) is 8.10. The number of aromatic nitrogens is 1. The molecule has 1 aromatic heterocycles. The molecule has 5 nitrogen and oxygen atoms in total. The Kier molecular flexibility index (Phi) is 4.90. The van der Waals surface area contributed by atoms with Gasteiger partial charge in [-0.05, 0) is 26.1 Å². The third-order valence-electron chi connectivity index (χ3n) is 2.56. The Hall–Kier alpha value is -1.62. The zero-order valence-electron chi connectivity index (χ0n) is 10.8. The molecule has 0 aromatic carbocycles. The Labute approximate surface area is 102 Å².